The number of hydrogen-bond acceptors (Lipinski definition) is 9. The van der Waals surface area contributed by atoms with Crippen LogP contribution in [0, 0.1) is 5.82 Å². The molecule has 3 heterocycles. The van der Waals surface area contributed by atoms with Crippen molar-refractivity contribution in [2.24, 2.45) is 5.73 Å². The molecule has 0 radical (unpaired) electrons. The number of primary amides is 1. The van der Waals surface area contributed by atoms with Crippen LogP contribution in [-0.4, -0.2) is 65.2 Å². The first kappa shape index (κ1) is 23.3. The predicted octanol–water partition coefficient (Wildman–Crippen LogP) is 2.48. The highest BCUT2D eigenvalue weighted by atomic mass is 32.1. The number of halogens is 1. The normalized spacial score (nSPS) is 16.9. The minimum atomic E-state index is -1.46. The number of fused-ring (bicyclic) bond motifs is 1. The van der Waals surface area contributed by atoms with Crippen molar-refractivity contribution in [1.29, 1.82) is 0 Å². The van der Waals surface area contributed by atoms with E-state index in [-0.39, 0.29) is 11.3 Å². The topological polar surface area (TPSA) is 114 Å². The Kier molecular flexibility index (Phi) is 6.22. The monoisotopic (exact) mass is 496 g/mol. The summed E-state index contributed by atoms with van der Waals surface area (Å²) in [5.74, 6) is -1.54. The van der Waals surface area contributed by atoms with Gasteiger partial charge in [0.1, 0.15) is 5.69 Å². The third-order valence-electron chi connectivity index (χ3n) is 5.96. The van der Waals surface area contributed by atoms with Crippen molar-refractivity contribution in [3.8, 4) is 10.6 Å². The Balaban J connectivity index is 1.49. The van der Waals surface area contributed by atoms with Gasteiger partial charge < -0.3 is 15.8 Å². The number of amides is 1. The fourth-order valence-electron chi connectivity index (χ4n) is 4.05. The highest BCUT2D eigenvalue weighted by molar-refractivity contribution is 7.22. The van der Waals surface area contributed by atoms with E-state index in [0.29, 0.717) is 22.8 Å². The molecule has 3 N–H and O–H groups in total. The highest BCUT2D eigenvalue weighted by Crippen LogP contribution is 2.37. The summed E-state index contributed by atoms with van der Waals surface area (Å²) in [6.07, 6.45) is 4.95. The molecule has 0 bridgehead atoms. The van der Waals surface area contributed by atoms with Gasteiger partial charge in [-0.1, -0.05) is 13.0 Å². The minimum Gasteiger partial charge on any atom is -0.437 e. The Bertz CT molecular complexity index is 1310. The van der Waals surface area contributed by atoms with Crippen molar-refractivity contribution >= 4 is 39.2 Å². The van der Waals surface area contributed by atoms with Crippen LogP contribution in [0.15, 0.2) is 42.6 Å². The fraction of sp³-hybridized carbons (Fsp3) is 0.333. The molecule has 3 aromatic rings. The molecule has 1 fully saturated rings. The molecule has 11 heteroatoms. The molecule has 0 unspecified atom stereocenters. The molecule has 0 saturated carbocycles. The number of aromatic nitrogens is 2. The number of carbonyl (C=O) groups is 2. The number of anilines is 1. The van der Waals surface area contributed by atoms with Gasteiger partial charge in [-0.15, -0.1) is 11.3 Å². The van der Waals surface area contributed by atoms with Crippen LogP contribution in [0.4, 0.5) is 10.3 Å². The van der Waals surface area contributed by atoms with Crippen LogP contribution in [0.3, 0.4) is 0 Å². The molecular formula is C24H25FN6O3S. The molecule has 2 aliphatic rings. The Morgan fingerprint density at radius 2 is 2.09 bits per heavy atom. The highest BCUT2D eigenvalue weighted by Gasteiger charge is 2.45. The molecule has 1 aliphatic heterocycles. The number of rotatable bonds is 8. The van der Waals surface area contributed by atoms with Gasteiger partial charge in [-0.25, -0.2) is 24.2 Å². The molecular weight excluding hydrogens is 471 g/mol. The standard InChI is InChI=1S/C24H25FN6O3S/c1-2-10-31(30-11-8-27-9-12-30)23-28-14-17(25)20(29-23)19-13-16-15(4-3-5-18(16)35-19)21(32)34-24(6-7-24)22(26)33/h3-7,13-14,27H,2,8-12H2,1H3,(H2,26,33). The zero-order valence-corrected chi connectivity index (χ0v) is 20.0. The maximum atomic E-state index is 14.9. The van der Waals surface area contributed by atoms with E-state index in [1.165, 1.54) is 29.7 Å². The molecule has 35 heavy (non-hydrogen) atoms. The first-order valence-corrected chi connectivity index (χ1v) is 12.3. The van der Waals surface area contributed by atoms with Crippen LogP contribution >= 0.6 is 11.3 Å². The second kappa shape index (κ2) is 9.33. The molecule has 1 aromatic carbocycles. The number of carbonyl (C=O) groups excluding carboxylic acids is 2. The Morgan fingerprint density at radius 3 is 2.77 bits per heavy atom. The number of thiophene rings is 1. The van der Waals surface area contributed by atoms with E-state index in [4.69, 9.17) is 10.5 Å². The van der Waals surface area contributed by atoms with Crippen LogP contribution in [0.25, 0.3) is 20.7 Å². The van der Waals surface area contributed by atoms with Gasteiger partial charge in [0.15, 0.2) is 5.82 Å². The van der Waals surface area contributed by atoms with Crippen LogP contribution in [-0.2, 0) is 9.53 Å². The average molecular weight is 497 g/mol. The van der Waals surface area contributed by atoms with Crippen LogP contribution in [0.5, 0.6) is 0 Å². The lowest BCUT2D eigenvalue weighted by Crippen LogP contribution is -2.53. The first-order valence-electron chi connectivity index (χ1n) is 11.4. The summed E-state index contributed by atoms with van der Waals surface area (Å²) in [5.41, 5.74) is 4.32. The lowest BCUT2D eigenvalue weighted by molar-refractivity contribution is -0.127. The fourth-order valence-corrected chi connectivity index (χ4v) is 5.13. The molecule has 1 saturated heterocycles. The van der Waals surface area contributed by atoms with E-state index in [1.54, 1.807) is 18.2 Å². The molecule has 9 nitrogen and oxygen atoms in total. The Hall–Kier alpha value is -3.41. The number of ether oxygens (including phenoxy) is 1. The molecule has 1 aliphatic carbocycles. The van der Waals surface area contributed by atoms with Gasteiger partial charge in [0, 0.05) is 42.8 Å². The molecule has 1 amide bonds. The third-order valence-corrected chi connectivity index (χ3v) is 7.07. The van der Waals surface area contributed by atoms with E-state index in [1.807, 2.05) is 11.1 Å². The zero-order chi connectivity index (χ0) is 24.6. The summed E-state index contributed by atoms with van der Waals surface area (Å²) in [5, 5.41) is 8.10. The number of benzene rings is 1. The van der Waals surface area contributed by atoms with Crippen molar-refractivity contribution in [2.45, 2.75) is 18.9 Å². The summed E-state index contributed by atoms with van der Waals surface area (Å²) in [4.78, 5) is 33.9. The van der Waals surface area contributed by atoms with Crippen molar-refractivity contribution in [3.63, 3.8) is 0 Å². The average Bonchev–Trinajstić information content (AvgIpc) is 3.52. The van der Waals surface area contributed by atoms with E-state index in [9.17, 15) is 14.0 Å². The summed E-state index contributed by atoms with van der Waals surface area (Å²) >= 11 is 1.32. The van der Waals surface area contributed by atoms with Crippen molar-refractivity contribution in [1.82, 2.24) is 20.3 Å². The van der Waals surface area contributed by atoms with Gasteiger partial charge in [0.25, 0.3) is 5.91 Å². The van der Waals surface area contributed by atoms with Gasteiger partial charge in [0.2, 0.25) is 11.5 Å². The van der Waals surface area contributed by atoms with E-state index in [2.05, 4.69) is 27.2 Å². The SMILES string of the molecule is CCCN(c1ncc(F)c(-c2cc3c(C(=O)OC4(C(N)=O)C=C4)cccc3s2)n1)N1CCNCC1. The summed E-state index contributed by atoms with van der Waals surface area (Å²) in [6.45, 7) is 6.12. The second-order valence-electron chi connectivity index (χ2n) is 8.40. The van der Waals surface area contributed by atoms with Crippen molar-refractivity contribution in [2.75, 3.05) is 37.7 Å². The Labute approximate surface area is 205 Å². The molecule has 2 aromatic heterocycles. The number of hydrogen-bond donors (Lipinski definition) is 2. The summed E-state index contributed by atoms with van der Waals surface area (Å²) in [6, 6.07) is 6.88. The van der Waals surface area contributed by atoms with E-state index in [0.717, 1.165) is 37.3 Å². The first-order chi connectivity index (χ1) is 16.9. The number of esters is 1. The number of piperazine rings is 1. The smallest absolute Gasteiger partial charge is 0.340 e. The zero-order valence-electron chi connectivity index (χ0n) is 19.2. The largest absolute Gasteiger partial charge is 0.437 e. The van der Waals surface area contributed by atoms with E-state index < -0.39 is 23.3 Å². The molecule has 0 atom stereocenters. The number of nitrogens with two attached hydrogens (primary N) is 1. The number of hydrazine groups is 1. The lowest BCUT2D eigenvalue weighted by atomic mass is 10.1. The lowest BCUT2D eigenvalue weighted by Gasteiger charge is -2.37. The molecule has 182 valence electrons. The van der Waals surface area contributed by atoms with Crippen LogP contribution < -0.4 is 16.1 Å². The van der Waals surface area contributed by atoms with Crippen molar-refractivity contribution in [3.05, 3.63) is 54.0 Å². The van der Waals surface area contributed by atoms with Gasteiger partial charge in [-0.2, -0.15) is 0 Å². The Morgan fingerprint density at radius 1 is 1.31 bits per heavy atom. The maximum absolute atomic E-state index is 14.9. The second-order valence-corrected chi connectivity index (χ2v) is 9.49. The van der Waals surface area contributed by atoms with Crippen molar-refractivity contribution < 1.29 is 18.7 Å². The number of nitrogens with zero attached hydrogens (tertiary/aromatic N) is 4. The maximum Gasteiger partial charge on any atom is 0.340 e. The molecule has 0 spiro atoms. The van der Waals surface area contributed by atoms with Crippen LogP contribution in [0.2, 0.25) is 0 Å². The van der Waals surface area contributed by atoms with Gasteiger partial charge in [-0.3, -0.25) is 9.80 Å². The van der Waals surface area contributed by atoms with E-state index >= 15 is 0 Å². The minimum absolute atomic E-state index is 0.171. The quantitative estimate of drug-likeness (QED) is 0.361. The predicted molar refractivity (Wildman–Crippen MR) is 131 cm³/mol. The number of nitrogens with one attached hydrogen (secondary N) is 1. The van der Waals surface area contributed by atoms with Gasteiger partial charge in [0.05, 0.1) is 16.6 Å². The third kappa shape index (κ3) is 4.49. The molecule has 5 rings (SSSR count). The van der Waals surface area contributed by atoms with Gasteiger partial charge >= 0.3 is 5.97 Å². The summed E-state index contributed by atoms with van der Waals surface area (Å²) < 4.78 is 21.1. The summed E-state index contributed by atoms with van der Waals surface area (Å²) in [7, 11) is 0. The van der Waals surface area contributed by atoms with Gasteiger partial charge in [-0.05, 0) is 36.8 Å². The van der Waals surface area contributed by atoms with Crippen LogP contribution in [0.1, 0.15) is 23.7 Å².